The fraction of sp³-hybridized carbons (Fsp3) is 0.619. The van der Waals surface area contributed by atoms with Crippen LogP contribution in [-0.2, 0) is 0 Å². The van der Waals surface area contributed by atoms with E-state index in [0.29, 0.717) is 28.1 Å². The zero-order valence-corrected chi connectivity index (χ0v) is 20.0. The number of benzene rings is 1. The predicted molar refractivity (Wildman–Crippen MR) is 138 cm³/mol. The maximum atomic E-state index is 6.07. The number of aliphatic imine (C=N–C) groups is 1. The molecule has 0 bridgehead atoms. The molecule has 1 aliphatic heterocycles. The van der Waals surface area contributed by atoms with E-state index in [9.17, 15) is 0 Å². The van der Waals surface area contributed by atoms with Gasteiger partial charge in [0.2, 0.25) is 0 Å². The van der Waals surface area contributed by atoms with Crippen LogP contribution >= 0.6 is 32.6 Å². The van der Waals surface area contributed by atoms with Crippen LogP contribution in [0.15, 0.2) is 29.3 Å². The lowest BCUT2D eigenvalue weighted by molar-refractivity contribution is 0.198. The molecule has 164 valence electrons. The van der Waals surface area contributed by atoms with Gasteiger partial charge >= 0.3 is 0 Å². The number of hydrogen-bond acceptors (Lipinski definition) is 4. The number of nitrogens with one attached hydrogen (secondary N) is 1. The lowest BCUT2D eigenvalue weighted by Gasteiger charge is -2.20. The third-order valence-corrected chi connectivity index (χ3v) is 8.19. The minimum atomic E-state index is 0. The molecule has 0 radical (unpaired) electrons. The van der Waals surface area contributed by atoms with E-state index in [1.807, 2.05) is 38.4 Å². The molecule has 5 nitrogen and oxygen atoms in total. The molecule has 8 heteroatoms. The van der Waals surface area contributed by atoms with Crippen molar-refractivity contribution in [2.24, 2.45) is 10.7 Å². The average molecular weight is 457 g/mol. The van der Waals surface area contributed by atoms with Crippen LogP contribution in [0.4, 0.5) is 5.69 Å². The molecule has 0 saturated carbocycles. The number of likely N-dealkylation sites (N-methyl/N-ethyl adjacent to an activating group) is 1. The number of nitrogens with zero attached hydrogens (tertiary/aromatic N) is 2. The Kier molecular flexibility index (Phi) is 11.5. The quantitative estimate of drug-likeness (QED) is 0.223. The normalized spacial score (nSPS) is 20.2. The molecule has 0 aliphatic carbocycles. The first-order valence-electron chi connectivity index (χ1n) is 9.76. The first kappa shape index (κ1) is 26.2. The molecule has 3 unspecified atom stereocenters. The van der Waals surface area contributed by atoms with Crippen molar-refractivity contribution >= 4 is 48.5 Å². The Hall–Kier alpha value is -0.880. The predicted octanol–water partition coefficient (Wildman–Crippen LogP) is 5.02. The SMILES string of the molecule is C.CCCCC1(CS/C(N)=N/C(=S)Nc2ccc(OCC(C)N(C)C)cc2)CP1. The summed E-state index contributed by atoms with van der Waals surface area (Å²) in [6.45, 7) is 5.02. The van der Waals surface area contributed by atoms with Crippen molar-refractivity contribution in [1.29, 1.82) is 0 Å². The van der Waals surface area contributed by atoms with Crippen LogP contribution in [0, 0.1) is 0 Å². The zero-order chi connectivity index (χ0) is 20.6. The summed E-state index contributed by atoms with van der Waals surface area (Å²) in [5.41, 5.74) is 6.95. The van der Waals surface area contributed by atoms with Gasteiger partial charge in [0.05, 0.1) is 0 Å². The van der Waals surface area contributed by atoms with Crippen molar-refractivity contribution < 1.29 is 4.74 Å². The van der Waals surface area contributed by atoms with E-state index >= 15 is 0 Å². The molecular weight excluding hydrogens is 419 g/mol. The molecule has 1 aromatic carbocycles. The molecule has 0 aromatic heterocycles. The summed E-state index contributed by atoms with van der Waals surface area (Å²) in [6.07, 6.45) is 5.22. The summed E-state index contributed by atoms with van der Waals surface area (Å²) in [5.74, 6) is 1.90. The summed E-state index contributed by atoms with van der Waals surface area (Å²) in [7, 11) is 5.17. The molecule has 29 heavy (non-hydrogen) atoms. The summed E-state index contributed by atoms with van der Waals surface area (Å²) in [5, 5.41) is 4.58. The third-order valence-electron chi connectivity index (χ3n) is 4.87. The Morgan fingerprint density at radius 1 is 1.41 bits per heavy atom. The lowest BCUT2D eigenvalue weighted by atomic mass is 10.1. The molecule has 3 N–H and O–H groups in total. The Morgan fingerprint density at radius 2 is 2.07 bits per heavy atom. The highest BCUT2D eigenvalue weighted by Crippen LogP contribution is 2.56. The fourth-order valence-corrected chi connectivity index (χ4v) is 5.30. The Balaban J connectivity index is 0.00000420. The van der Waals surface area contributed by atoms with Crippen LogP contribution < -0.4 is 15.8 Å². The molecule has 2 rings (SSSR count). The number of rotatable bonds is 10. The van der Waals surface area contributed by atoms with E-state index in [0.717, 1.165) is 25.8 Å². The molecule has 0 spiro atoms. The molecule has 1 fully saturated rings. The van der Waals surface area contributed by atoms with Crippen molar-refractivity contribution in [3.8, 4) is 5.75 Å². The second-order valence-electron chi connectivity index (χ2n) is 7.55. The van der Waals surface area contributed by atoms with Crippen LogP contribution in [0.2, 0.25) is 0 Å². The van der Waals surface area contributed by atoms with Crippen molar-refractivity contribution in [2.75, 3.05) is 37.9 Å². The number of amidine groups is 1. The van der Waals surface area contributed by atoms with Gasteiger partial charge in [0, 0.05) is 22.6 Å². The summed E-state index contributed by atoms with van der Waals surface area (Å²) < 4.78 is 5.80. The Morgan fingerprint density at radius 3 is 2.62 bits per heavy atom. The van der Waals surface area contributed by atoms with Gasteiger partial charge in [0.15, 0.2) is 10.3 Å². The molecule has 0 amide bonds. The van der Waals surface area contributed by atoms with Crippen LogP contribution in [0.5, 0.6) is 5.75 Å². The van der Waals surface area contributed by atoms with Crippen molar-refractivity contribution in [1.82, 2.24) is 4.90 Å². The first-order chi connectivity index (χ1) is 13.3. The van der Waals surface area contributed by atoms with E-state index in [1.54, 1.807) is 11.8 Å². The number of ether oxygens (including phenoxy) is 1. The lowest BCUT2D eigenvalue weighted by Crippen LogP contribution is -2.30. The smallest absolute Gasteiger partial charge is 0.199 e. The minimum absolute atomic E-state index is 0. The number of hydrogen-bond donors (Lipinski definition) is 2. The highest BCUT2D eigenvalue weighted by atomic mass is 32.2. The van der Waals surface area contributed by atoms with Gasteiger partial charge in [-0.1, -0.05) is 39.0 Å². The number of thioether (sulfide) groups is 1. The van der Waals surface area contributed by atoms with E-state index in [2.05, 4.69) is 29.1 Å². The summed E-state index contributed by atoms with van der Waals surface area (Å²) in [4.78, 5) is 6.46. The summed E-state index contributed by atoms with van der Waals surface area (Å²) in [6, 6.07) is 8.09. The first-order valence-corrected chi connectivity index (χ1v) is 12.4. The van der Waals surface area contributed by atoms with Crippen LogP contribution in [0.3, 0.4) is 0 Å². The number of nitrogens with two attached hydrogens (primary N) is 1. The highest BCUT2D eigenvalue weighted by molar-refractivity contribution is 8.14. The van der Waals surface area contributed by atoms with E-state index in [1.165, 1.54) is 25.4 Å². The standard InChI is InChI=1S/C20H33N4OPS2.CH4/c1-5-6-11-20(13-26-20)14-28-18(21)23-19(27)22-16-7-9-17(10-8-16)25-12-15(2)24(3)4;/h7-10,15,26H,5-6,11-14H2,1-4H3,(H3,21,22,23,27);1H4. The monoisotopic (exact) mass is 456 g/mol. The Bertz CT molecular complexity index is 663. The van der Waals surface area contributed by atoms with Crippen molar-refractivity contribution in [3.05, 3.63) is 24.3 Å². The van der Waals surface area contributed by atoms with Crippen LogP contribution in [0.1, 0.15) is 40.5 Å². The fourth-order valence-electron chi connectivity index (χ4n) is 2.49. The molecule has 1 heterocycles. The second-order valence-corrected chi connectivity index (χ2v) is 10.7. The maximum absolute atomic E-state index is 6.07. The van der Waals surface area contributed by atoms with Gasteiger partial charge in [-0.25, -0.2) is 0 Å². The highest BCUT2D eigenvalue weighted by Gasteiger charge is 2.41. The number of thiocarbonyl (C=S) groups is 1. The van der Waals surface area contributed by atoms with Crippen LogP contribution in [-0.4, -0.2) is 59.0 Å². The molecule has 1 saturated heterocycles. The van der Waals surface area contributed by atoms with E-state index < -0.39 is 0 Å². The molecule has 1 aliphatic rings. The van der Waals surface area contributed by atoms with Crippen molar-refractivity contribution in [3.63, 3.8) is 0 Å². The van der Waals surface area contributed by atoms with Gasteiger partial charge in [-0.05, 0) is 70.1 Å². The van der Waals surface area contributed by atoms with Gasteiger partial charge in [-0.3, -0.25) is 0 Å². The minimum Gasteiger partial charge on any atom is -0.492 e. The number of unbranched alkanes of at least 4 members (excludes halogenated alkanes) is 1. The van der Waals surface area contributed by atoms with Crippen molar-refractivity contribution in [2.45, 2.75) is 51.7 Å². The third kappa shape index (κ3) is 9.65. The van der Waals surface area contributed by atoms with Gasteiger partial charge < -0.3 is 20.7 Å². The molecule has 3 atom stereocenters. The zero-order valence-electron chi connectivity index (χ0n) is 17.3. The molecule has 1 aromatic rings. The maximum Gasteiger partial charge on any atom is 0.199 e. The largest absolute Gasteiger partial charge is 0.492 e. The van der Waals surface area contributed by atoms with Crippen LogP contribution in [0.25, 0.3) is 0 Å². The van der Waals surface area contributed by atoms with E-state index in [-0.39, 0.29) is 7.43 Å². The van der Waals surface area contributed by atoms with Gasteiger partial charge in [-0.2, -0.15) is 4.99 Å². The number of anilines is 1. The average Bonchev–Trinajstić information content (AvgIpc) is 3.44. The topological polar surface area (TPSA) is 62.9 Å². The van der Waals surface area contributed by atoms with Gasteiger partial charge in [0.1, 0.15) is 12.4 Å². The van der Waals surface area contributed by atoms with E-state index in [4.69, 9.17) is 22.7 Å². The van der Waals surface area contributed by atoms with Gasteiger partial charge in [0.25, 0.3) is 0 Å². The second kappa shape index (κ2) is 12.7. The molecular formula is C21H37N4OPS2. The Labute approximate surface area is 188 Å². The van der Waals surface area contributed by atoms with Gasteiger partial charge in [-0.15, -0.1) is 8.58 Å². The summed E-state index contributed by atoms with van der Waals surface area (Å²) >= 11 is 6.96.